The zero-order valence-electron chi connectivity index (χ0n) is 17.8. The molecule has 0 saturated carbocycles. The van der Waals surface area contributed by atoms with E-state index in [-0.39, 0.29) is 0 Å². The summed E-state index contributed by atoms with van der Waals surface area (Å²) in [5.74, 6) is 0. The van der Waals surface area contributed by atoms with E-state index in [0.29, 0.717) is 22.4 Å². The number of hydrogen-bond acceptors (Lipinski definition) is 4. The molecule has 3 rings (SSSR count). The molecule has 0 radical (unpaired) electrons. The number of nitrogens with one attached hydrogen (secondary N) is 1. The Morgan fingerprint density at radius 2 is 1.66 bits per heavy atom. The second-order valence-electron chi connectivity index (χ2n) is 8.71. The molecule has 5 nitrogen and oxygen atoms in total. The second-order valence-corrected chi connectivity index (χ2v) is 12.2. The van der Waals surface area contributed by atoms with Gasteiger partial charge in [0.1, 0.15) is 0 Å². The summed E-state index contributed by atoms with van der Waals surface area (Å²) in [6.45, 7) is 11.1. The Morgan fingerprint density at radius 3 is 2.24 bits per heavy atom. The number of hydrogen-bond donors (Lipinski definition) is 1. The molecule has 1 aliphatic rings. The molecule has 0 amide bonds. The van der Waals surface area contributed by atoms with Crippen LogP contribution in [0.5, 0.6) is 0 Å². The van der Waals surface area contributed by atoms with Crippen LogP contribution in [0.2, 0.25) is 0 Å². The predicted molar refractivity (Wildman–Crippen MR) is 117 cm³/mol. The summed E-state index contributed by atoms with van der Waals surface area (Å²) in [4.78, 5) is 0.295. The molecule has 1 unspecified atom stereocenters. The second kappa shape index (κ2) is 7.95. The lowest BCUT2D eigenvalue weighted by Crippen LogP contribution is -2.38. The van der Waals surface area contributed by atoms with Gasteiger partial charge < -0.3 is 0 Å². The molecule has 29 heavy (non-hydrogen) atoms. The van der Waals surface area contributed by atoms with Gasteiger partial charge in [0, 0.05) is 6.42 Å². The molecule has 1 aliphatic carbocycles. The van der Waals surface area contributed by atoms with E-state index < -0.39 is 38.0 Å². The molecule has 0 heterocycles. The maximum atomic E-state index is 13.3. The summed E-state index contributed by atoms with van der Waals surface area (Å²) < 4.78 is 47.5. The van der Waals surface area contributed by atoms with Crippen LogP contribution in [0.1, 0.15) is 54.6 Å². The molecule has 0 saturated heterocycles. The minimum atomic E-state index is -3.80. The topological polar surface area (TPSA) is 72.5 Å². The average molecular weight is 436 g/mol. The smallest absolute Gasteiger partial charge is 0.241 e. The van der Waals surface area contributed by atoms with Crippen molar-refractivity contribution < 1.29 is 16.8 Å². The molecule has 0 bridgehead atoms. The van der Waals surface area contributed by atoms with Crippen LogP contribution in [-0.4, -0.2) is 23.5 Å². The van der Waals surface area contributed by atoms with Crippen molar-refractivity contribution in [3.63, 3.8) is 0 Å². The Bertz CT molecular complexity index is 1030. The van der Waals surface area contributed by atoms with Gasteiger partial charge in [0.2, 0.25) is 10.0 Å². The number of rotatable bonds is 5. The van der Waals surface area contributed by atoms with E-state index in [2.05, 4.69) is 4.72 Å². The van der Waals surface area contributed by atoms with Crippen LogP contribution >= 0.6 is 0 Å². The fourth-order valence-corrected chi connectivity index (χ4v) is 6.25. The zero-order chi connectivity index (χ0) is 21.6. The van der Waals surface area contributed by atoms with Gasteiger partial charge in [-0.25, -0.2) is 17.3 Å². The Hall–Kier alpha value is -1.54. The lowest BCUT2D eigenvalue weighted by atomic mass is 10.1. The van der Waals surface area contributed by atoms with Crippen molar-refractivity contribution in [1.82, 2.24) is 4.72 Å². The monoisotopic (exact) mass is 435 g/mol. The van der Waals surface area contributed by atoms with Crippen LogP contribution in [0, 0.1) is 20.8 Å². The molecule has 3 atom stereocenters. The van der Waals surface area contributed by atoms with Crippen molar-refractivity contribution in [1.29, 1.82) is 0 Å². The third kappa shape index (κ3) is 4.63. The van der Waals surface area contributed by atoms with E-state index in [0.717, 1.165) is 16.7 Å². The summed E-state index contributed by atoms with van der Waals surface area (Å²) in [6.07, 6.45) is -0.0230. The summed E-state index contributed by atoms with van der Waals surface area (Å²) in [5.41, 5.74) is 4.31. The van der Waals surface area contributed by atoms with E-state index in [1.54, 1.807) is 13.8 Å². The summed E-state index contributed by atoms with van der Waals surface area (Å²) in [5, 5.41) is 0. The van der Waals surface area contributed by atoms with Crippen molar-refractivity contribution in [3.05, 3.63) is 64.2 Å². The molecule has 0 aliphatic heterocycles. The Morgan fingerprint density at radius 1 is 1.07 bits per heavy atom. The van der Waals surface area contributed by atoms with Crippen molar-refractivity contribution in [2.24, 2.45) is 0 Å². The first-order valence-corrected chi connectivity index (χ1v) is 12.2. The molecule has 2 aromatic rings. The number of fused-ring (bicyclic) bond motifs is 1. The highest BCUT2D eigenvalue weighted by Crippen LogP contribution is 2.36. The Labute approximate surface area is 176 Å². The minimum Gasteiger partial charge on any atom is -0.284 e. The standard InChI is InChI=1S/C22H29NO4S2/c1-14-11-15(2)21(16(3)12-14)29(25,26)23-20-18-10-8-7-9-17(18)13-19(20)27-28(24)22(4,5)6/h7-12,19-20,23H,13H2,1-6H3/t19-,20+,28?/m0/s1. The third-order valence-corrected chi connectivity index (χ3v) is 8.22. The highest BCUT2D eigenvalue weighted by Gasteiger charge is 2.39. The fraction of sp³-hybridized carbons (Fsp3) is 0.455. The maximum absolute atomic E-state index is 13.3. The first-order valence-electron chi connectivity index (χ1n) is 9.67. The highest BCUT2D eigenvalue weighted by molar-refractivity contribution is 7.89. The van der Waals surface area contributed by atoms with Gasteiger partial charge in [0.15, 0.2) is 11.1 Å². The van der Waals surface area contributed by atoms with Gasteiger partial charge in [0.05, 0.1) is 21.8 Å². The highest BCUT2D eigenvalue weighted by atomic mass is 32.2. The van der Waals surface area contributed by atoms with Crippen LogP contribution < -0.4 is 4.72 Å². The van der Waals surface area contributed by atoms with Gasteiger partial charge in [0.25, 0.3) is 0 Å². The molecule has 0 aromatic heterocycles. The average Bonchev–Trinajstić information content (AvgIpc) is 2.89. The van der Waals surface area contributed by atoms with Crippen molar-refractivity contribution in [3.8, 4) is 0 Å². The van der Waals surface area contributed by atoms with Crippen LogP contribution in [0.4, 0.5) is 0 Å². The lowest BCUT2D eigenvalue weighted by molar-refractivity contribution is 0.194. The third-order valence-electron chi connectivity index (χ3n) is 5.05. The van der Waals surface area contributed by atoms with E-state index in [1.807, 2.05) is 64.1 Å². The van der Waals surface area contributed by atoms with Gasteiger partial charge >= 0.3 is 0 Å². The van der Waals surface area contributed by atoms with Crippen molar-refractivity contribution in [2.75, 3.05) is 0 Å². The normalized spacial score (nSPS) is 20.5. The van der Waals surface area contributed by atoms with Gasteiger partial charge in [-0.1, -0.05) is 42.0 Å². The van der Waals surface area contributed by atoms with Crippen LogP contribution in [-0.2, 0) is 31.7 Å². The largest absolute Gasteiger partial charge is 0.284 e. The molecule has 0 fully saturated rings. The minimum absolute atomic E-state index is 0.295. The Balaban J connectivity index is 1.98. The Kier molecular flexibility index (Phi) is 6.07. The molecule has 158 valence electrons. The van der Waals surface area contributed by atoms with Crippen LogP contribution in [0.15, 0.2) is 41.3 Å². The molecule has 2 aromatic carbocycles. The predicted octanol–water partition coefficient (Wildman–Crippen LogP) is 4.03. The van der Waals surface area contributed by atoms with Crippen LogP contribution in [0.25, 0.3) is 0 Å². The fourth-order valence-electron chi connectivity index (χ4n) is 3.86. The van der Waals surface area contributed by atoms with Crippen molar-refractivity contribution in [2.45, 2.75) is 69.8 Å². The van der Waals surface area contributed by atoms with Gasteiger partial charge in [-0.3, -0.25) is 4.18 Å². The van der Waals surface area contributed by atoms with E-state index >= 15 is 0 Å². The van der Waals surface area contributed by atoms with E-state index in [4.69, 9.17) is 4.18 Å². The number of benzene rings is 2. The quantitative estimate of drug-likeness (QED) is 0.769. The number of aryl methyl sites for hydroxylation is 3. The SMILES string of the molecule is Cc1cc(C)c(S(=O)(=O)N[C@@H]2c3ccccc3C[C@@H]2OS(=O)C(C)(C)C)c(C)c1. The zero-order valence-corrected chi connectivity index (χ0v) is 19.4. The molecule has 0 spiro atoms. The molecular weight excluding hydrogens is 406 g/mol. The van der Waals surface area contributed by atoms with Crippen molar-refractivity contribution >= 4 is 21.1 Å². The summed E-state index contributed by atoms with van der Waals surface area (Å²) in [6, 6.07) is 10.8. The number of sulfonamides is 1. The van der Waals surface area contributed by atoms with E-state index in [9.17, 15) is 12.6 Å². The first kappa shape index (κ1) is 22.2. The first-order chi connectivity index (χ1) is 13.4. The summed E-state index contributed by atoms with van der Waals surface area (Å²) >= 11 is -1.56. The molecule has 1 N–H and O–H groups in total. The van der Waals surface area contributed by atoms with E-state index in [1.165, 1.54) is 0 Å². The van der Waals surface area contributed by atoms with Crippen LogP contribution in [0.3, 0.4) is 0 Å². The maximum Gasteiger partial charge on any atom is 0.241 e. The molecular formula is C22H29NO4S2. The lowest BCUT2D eigenvalue weighted by Gasteiger charge is -2.26. The van der Waals surface area contributed by atoms with Gasteiger partial charge in [-0.05, 0) is 63.8 Å². The summed E-state index contributed by atoms with van der Waals surface area (Å²) in [7, 11) is -3.80. The van der Waals surface area contributed by atoms with Gasteiger partial charge in [-0.15, -0.1) is 0 Å². The van der Waals surface area contributed by atoms with Gasteiger partial charge in [-0.2, -0.15) is 0 Å². The molecule has 7 heteroatoms.